The summed E-state index contributed by atoms with van der Waals surface area (Å²) in [6, 6.07) is 0.121. The van der Waals surface area contributed by atoms with Gasteiger partial charge in [0.1, 0.15) is 5.69 Å². The molecule has 0 bridgehead atoms. The molecule has 0 aromatic carbocycles. The molecule has 9 heteroatoms. The number of anilines is 2. The van der Waals surface area contributed by atoms with Crippen LogP contribution in [0.25, 0.3) is 0 Å². The number of nitrogens with two attached hydrogens (primary N) is 1. The van der Waals surface area contributed by atoms with E-state index >= 15 is 0 Å². The highest BCUT2D eigenvalue weighted by molar-refractivity contribution is 5.63. The smallest absolute Gasteiger partial charge is 0.332 e. The summed E-state index contributed by atoms with van der Waals surface area (Å²) in [6.07, 6.45) is 0.923. The predicted molar refractivity (Wildman–Crippen MR) is 80.2 cm³/mol. The number of hydrogen-bond donors (Lipinski definition) is 2. The Morgan fingerprint density at radius 2 is 2.14 bits per heavy atom. The Balaban J connectivity index is 2.49. The summed E-state index contributed by atoms with van der Waals surface area (Å²) in [5, 5.41) is 11.4. The minimum Gasteiger partial charge on any atom is -0.347 e. The van der Waals surface area contributed by atoms with Crippen molar-refractivity contribution in [2.24, 2.45) is 5.84 Å². The summed E-state index contributed by atoms with van der Waals surface area (Å²) in [4.78, 5) is 23.4. The zero-order valence-electron chi connectivity index (χ0n) is 12.5. The molecule has 0 radical (unpaired) electrons. The van der Waals surface area contributed by atoms with E-state index in [1.54, 1.807) is 6.92 Å². The van der Waals surface area contributed by atoms with Crippen molar-refractivity contribution in [3.8, 4) is 0 Å². The van der Waals surface area contributed by atoms with Gasteiger partial charge in [-0.3, -0.25) is 15.5 Å². The molecule has 0 amide bonds. The van der Waals surface area contributed by atoms with E-state index < -0.39 is 4.92 Å². The van der Waals surface area contributed by atoms with Gasteiger partial charge in [0.15, 0.2) is 0 Å². The number of rotatable bonds is 3. The third-order valence-electron chi connectivity index (χ3n) is 3.67. The molecular weight excluding hydrogens is 274 g/mol. The van der Waals surface area contributed by atoms with E-state index in [1.165, 1.54) is 0 Å². The quantitative estimate of drug-likeness (QED) is 0.471. The van der Waals surface area contributed by atoms with Crippen LogP contribution >= 0.6 is 0 Å². The van der Waals surface area contributed by atoms with Gasteiger partial charge < -0.3 is 9.80 Å². The lowest BCUT2D eigenvalue weighted by Crippen LogP contribution is -2.39. The van der Waals surface area contributed by atoms with Gasteiger partial charge in [-0.05, 0) is 33.9 Å². The summed E-state index contributed by atoms with van der Waals surface area (Å²) in [5.41, 5.74) is 2.63. The standard InChI is InChI=1S/C12H21N7O2/c1-8-7-17(3)5-4-6-18(8)11-10(19(20)21)9(2)14-12(15-11)16-13/h8H,4-7,13H2,1-3H3,(H,14,15,16). The second-order valence-corrected chi connectivity index (χ2v) is 5.36. The molecule has 0 saturated carbocycles. The van der Waals surface area contributed by atoms with Crippen LogP contribution in [0.5, 0.6) is 0 Å². The monoisotopic (exact) mass is 295 g/mol. The van der Waals surface area contributed by atoms with Crippen molar-refractivity contribution in [3.63, 3.8) is 0 Å². The van der Waals surface area contributed by atoms with Crippen LogP contribution in [0.1, 0.15) is 19.0 Å². The maximum atomic E-state index is 11.4. The first kappa shape index (κ1) is 15.4. The Morgan fingerprint density at radius 3 is 2.76 bits per heavy atom. The fourth-order valence-corrected chi connectivity index (χ4v) is 2.72. The van der Waals surface area contributed by atoms with Crippen LogP contribution in [0, 0.1) is 17.0 Å². The molecule has 21 heavy (non-hydrogen) atoms. The van der Waals surface area contributed by atoms with Crippen molar-refractivity contribution in [2.45, 2.75) is 26.3 Å². The van der Waals surface area contributed by atoms with E-state index in [0.29, 0.717) is 18.1 Å². The first-order valence-electron chi connectivity index (χ1n) is 6.89. The lowest BCUT2D eigenvalue weighted by Gasteiger charge is -2.29. The number of nitro groups is 1. The second kappa shape index (κ2) is 6.19. The SMILES string of the molecule is Cc1nc(NN)nc(N2CCCN(C)CC2C)c1[N+](=O)[O-]. The van der Waals surface area contributed by atoms with Gasteiger partial charge >= 0.3 is 5.69 Å². The van der Waals surface area contributed by atoms with E-state index in [2.05, 4.69) is 20.3 Å². The Hall–Kier alpha value is -2.00. The second-order valence-electron chi connectivity index (χ2n) is 5.36. The average molecular weight is 295 g/mol. The van der Waals surface area contributed by atoms with Gasteiger partial charge in [-0.15, -0.1) is 0 Å². The van der Waals surface area contributed by atoms with Crippen LogP contribution in [-0.2, 0) is 0 Å². The van der Waals surface area contributed by atoms with Gasteiger partial charge in [0.05, 0.1) is 4.92 Å². The van der Waals surface area contributed by atoms with Crippen LogP contribution < -0.4 is 16.2 Å². The van der Waals surface area contributed by atoms with Crippen molar-refractivity contribution < 1.29 is 4.92 Å². The normalized spacial score (nSPS) is 20.2. The molecule has 2 heterocycles. The Morgan fingerprint density at radius 1 is 1.43 bits per heavy atom. The lowest BCUT2D eigenvalue weighted by molar-refractivity contribution is -0.385. The number of likely N-dealkylation sites (N-methyl/N-ethyl adjacent to an activating group) is 1. The molecule has 0 aliphatic carbocycles. The van der Waals surface area contributed by atoms with E-state index in [4.69, 9.17) is 5.84 Å². The maximum absolute atomic E-state index is 11.4. The minimum atomic E-state index is -0.424. The van der Waals surface area contributed by atoms with Crippen LogP contribution in [0.2, 0.25) is 0 Å². The van der Waals surface area contributed by atoms with E-state index in [9.17, 15) is 10.1 Å². The first-order valence-corrected chi connectivity index (χ1v) is 6.89. The molecule has 1 aliphatic rings. The third-order valence-corrected chi connectivity index (χ3v) is 3.67. The number of aromatic nitrogens is 2. The van der Waals surface area contributed by atoms with Gasteiger partial charge in [-0.1, -0.05) is 0 Å². The number of nitrogen functional groups attached to an aromatic ring is 1. The average Bonchev–Trinajstić information content (AvgIpc) is 2.57. The molecule has 3 N–H and O–H groups in total. The molecule has 1 aromatic rings. The van der Waals surface area contributed by atoms with Crippen molar-refractivity contribution >= 4 is 17.5 Å². The highest BCUT2D eigenvalue weighted by Crippen LogP contribution is 2.31. The van der Waals surface area contributed by atoms with Gasteiger partial charge in [0, 0.05) is 19.1 Å². The van der Waals surface area contributed by atoms with Crippen molar-refractivity contribution in [1.82, 2.24) is 14.9 Å². The number of nitrogens with zero attached hydrogens (tertiary/aromatic N) is 5. The fraction of sp³-hybridized carbons (Fsp3) is 0.667. The molecule has 1 unspecified atom stereocenters. The number of hydrazine groups is 1. The summed E-state index contributed by atoms with van der Waals surface area (Å²) in [6.45, 7) is 6.14. The zero-order valence-corrected chi connectivity index (χ0v) is 12.5. The first-order chi connectivity index (χ1) is 9.93. The van der Waals surface area contributed by atoms with Gasteiger partial charge in [0.25, 0.3) is 0 Å². The maximum Gasteiger partial charge on any atom is 0.332 e. The fourth-order valence-electron chi connectivity index (χ4n) is 2.72. The van der Waals surface area contributed by atoms with Crippen molar-refractivity contribution in [2.75, 3.05) is 37.0 Å². The van der Waals surface area contributed by atoms with E-state index in [0.717, 1.165) is 19.5 Å². The predicted octanol–water partition coefficient (Wildman–Crippen LogP) is 0.509. The molecule has 116 valence electrons. The summed E-state index contributed by atoms with van der Waals surface area (Å²) in [5.74, 6) is 5.89. The Bertz CT molecular complexity index is 537. The highest BCUT2D eigenvalue weighted by atomic mass is 16.6. The number of hydrogen-bond acceptors (Lipinski definition) is 8. The topological polar surface area (TPSA) is 113 Å². The zero-order chi connectivity index (χ0) is 15.6. The molecule has 1 aromatic heterocycles. The third kappa shape index (κ3) is 3.19. The largest absolute Gasteiger partial charge is 0.347 e. The van der Waals surface area contributed by atoms with Crippen LogP contribution in [-0.4, -0.2) is 52.5 Å². The molecule has 0 spiro atoms. The van der Waals surface area contributed by atoms with Crippen molar-refractivity contribution in [3.05, 3.63) is 15.8 Å². The van der Waals surface area contributed by atoms with Gasteiger partial charge in [-0.25, -0.2) is 10.8 Å². The van der Waals surface area contributed by atoms with Crippen LogP contribution in [0.15, 0.2) is 0 Å². The molecule has 1 atom stereocenters. The van der Waals surface area contributed by atoms with E-state index in [1.807, 2.05) is 18.9 Å². The number of nitrogens with one attached hydrogen (secondary N) is 1. The van der Waals surface area contributed by atoms with Crippen molar-refractivity contribution in [1.29, 1.82) is 0 Å². The van der Waals surface area contributed by atoms with Gasteiger partial charge in [0.2, 0.25) is 11.8 Å². The Labute approximate surface area is 123 Å². The molecule has 2 rings (SSSR count). The lowest BCUT2D eigenvalue weighted by atomic mass is 10.2. The Kier molecular flexibility index (Phi) is 4.53. The minimum absolute atomic E-state index is 0.0506. The summed E-state index contributed by atoms with van der Waals surface area (Å²) in [7, 11) is 2.05. The molecule has 1 fully saturated rings. The molecular formula is C12H21N7O2. The van der Waals surface area contributed by atoms with E-state index in [-0.39, 0.29) is 17.7 Å². The van der Waals surface area contributed by atoms with Gasteiger partial charge in [-0.2, -0.15) is 4.98 Å². The van der Waals surface area contributed by atoms with Crippen LogP contribution in [0.4, 0.5) is 17.5 Å². The molecule has 9 nitrogen and oxygen atoms in total. The summed E-state index contributed by atoms with van der Waals surface area (Å²) < 4.78 is 0. The number of aryl methyl sites for hydroxylation is 1. The molecule has 1 saturated heterocycles. The highest BCUT2D eigenvalue weighted by Gasteiger charge is 2.30. The van der Waals surface area contributed by atoms with Crippen LogP contribution in [0.3, 0.4) is 0 Å². The molecule has 1 aliphatic heterocycles. The summed E-state index contributed by atoms with van der Waals surface area (Å²) >= 11 is 0.